The van der Waals surface area contributed by atoms with Gasteiger partial charge >= 0.3 is 12.0 Å². The number of carbonyl (C=O) groups is 2. The normalized spacial score (nSPS) is 23.7. The van der Waals surface area contributed by atoms with Gasteiger partial charge in [0.05, 0.1) is 0 Å². The molecule has 21 heavy (non-hydrogen) atoms. The summed E-state index contributed by atoms with van der Waals surface area (Å²) in [5, 5.41) is 11.7. The molecule has 1 heterocycles. The number of nitrogens with one attached hydrogen (secondary N) is 1. The number of urea groups is 1. The van der Waals surface area contributed by atoms with E-state index < -0.39 is 5.97 Å². The molecule has 3 unspecified atom stereocenters. The molecule has 0 bridgehead atoms. The Morgan fingerprint density at radius 3 is 2.67 bits per heavy atom. The number of hydrogen-bond acceptors (Lipinski definition) is 2. The van der Waals surface area contributed by atoms with Gasteiger partial charge in [-0.2, -0.15) is 0 Å². The summed E-state index contributed by atoms with van der Waals surface area (Å²) in [7, 11) is 0. The van der Waals surface area contributed by atoms with Gasteiger partial charge in [0.2, 0.25) is 0 Å². The second kappa shape index (κ2) is 8.90. The van der Waals surface area contributed by atoms with E-state index in [1.165, 1.54) is 6.42 Å². The summed E-state index contributed by atoms with van der Waals surface area (Å²) < 4.78 is 0. The van der Waals surface area contributed by atoms with E-state index in [4.69, 9.17) is 5.11 Å². The molecule has 5 heteroatoms. The lowest BCUT2D eigenvalue weighted by atomic mass is 9.92. The van der Waals surface area contributed by atoms with Gasteiger partial charge in [0.1, 0.15) is 0 Å². The molecule has 0 saturated carbocycles. The molecule has 0 spiro atoms. The number of carboxylic acid groups (broad SMARTS) is 1. The van der Waals surface area contributed by atoms with Gasteiger partial charge in [-0.15, -0.1) is 0 Å². The Kier molecular flexibility index (Phi) is 7.54. The molecule has 0 aliphatic carbocycles. The first-order valence-corrected chi connectivity index (χ1v) is 8.22. The fourth-order valence-electron chi connectivity index (χ4n) is 2.99. The van der Waals surface area contributed by atoms with E-state index in [1.807, 2.05) is 4.90 Å². The number of hydrogen-bond donors (Lipinski definition) is 2. The molecular formula is C16H30N2O3. The molecule has 1 aliphatic rings. The summed E-state index contributed by atoms with van der Waals surface area (Å²) >= 11 is 0. The Hall–Kier alpha value is -1.26. The molecule has 1 saturated heterocycles. The number of aliphatic carboxylic acids is 1. The first-order chi connectivity index (χ1) is 9.95. The Morgan fingerprint density at radius 2 is 2.05 bits per heavy atom. The van der Waals surface area contributed by atoms with Crippen LogP contribution in [0.25, 0.3) is 0 Å². The van der Waals surface area contributed by atoms with Crippen molar-refractivity contribution in [1.82, 2.24) is 10.2 Å². The molecule has 0 radical (unpaired) electrons. The predicted molar refractivity (Wildman–Crippen MR) is 83.2 cm³/mol. The number of likely N-dealkylation sites (tertiary alicyclic amines) is 1. The number of piperidine rings is 1. The molecule has 5 nitrogen and oxygen atoms in total. The minimum Gasteiger partial charge on any atom is -0.481 e. The third kappa shape index (κ3) is 5.94. The number of amides is 2. The first-order valence-electron chi connectivity index (χ1n) is 8.22. The fourth-order valence-corrected chi connectivity index (χ4v) is 2.99. The highest BCUT2D eigenvalue weighted by Gasteiger charge is 2.28. The van der Waals surface area contributed by atoms with Crippen molar-refractivity contribution in [1.29, 1.82) is 0 Å². The lowest BCUT2D eigenvalue weighted by Gasteiger charge is -2.37. The van der Waals surface area contributed by atoms with Gasteiger partial charge in [0.15, 0.2) is 0 Å². The van der Waals surface area contributed by atoms with Gasteiger partial charge in [-0.25, -0.2) is 4.79 Å². The van der Waals surface area contributed by atoms with Crippen LogP contribution >= 0.6 is 0 Å². The van der Waals surface area contributed by atoms with Crippen molar-refractivity contribution in [2.75, 3.05) is 13.1 Å². The molecule has 3 atom stereocenters. The van der Waals surface area contributed by atoms with E-state index in [0.29, 0.717) is 30.8 Å². The number of rotatable bonds is 7. The summed E-state index contributed by atoms with van der Waals surface area (Å²) in [5.41, 5.74) is 0. The number of carboxylic acids is 1. The quantitative estimate of drug-likeness (QED) is 0.759. The SMILES string of the molecule is CCC(CCNC(=O)N1CCCC(C)C1C)CCC(=O)O. The van der Waals surface area contributed by atoms with Crippen LogP contribution in [-0.4, -0.2) is 41.1 Å². The average molecular weight is 298 g/mol. The molecule has 122 valence electrons. The smallest absolute Gasteiger partial charge is 0.317 e. The topological polar surface area (TPSA) is 69.6 Å². The molecule has 2 amide bonds. The number of nitrogens with zero attached hydrogens (tertiary/aromatic N) is 1. The van der Waals surface area contributed by atoms with E-state index in [2.05, 4.69) is 26.1 Å². The fraction of sp³-hybridized carbons (Fsp3) is 0.875. The summed E-state index contributed by atoms with van der Waals surface area (Å²) in [5.74, 6) is 0.191. The molecule has 1 aliphatic heterocycles. The van der Waals surface area contributed by atoms with Crippen molar-refractivity contribution in [3.63, 3.8) is 0 Å². The van der Waals surface area contributed by atoms with Gasteiger partial charge in [-0.1, -0.05) is 20.3 Å². The average Bonchev–Trinajstić information content (AvgIpc) is 2.45. The Balaban J connectivity index is 2.30. The highest BCUT2D eigenvalue weighted by atomic mass is 16.4. The van der Waals surface area contributed by atoms with Gasteiger partial charge in [0, 0.05) is 25.6 Å². The van der Waals surface area contributed by atoms with Crippen LogP contribution in [0, 0.1) is 11.8 Å². The Bertz CT molecular complexity index is 346. The van der Waals surface area contributed by atoms with Crippen LogP contribution in [0.1, 0.15) is 59.3 Å². The second-order valence-electron chi connectivity index (χ2n) is 6.28. The number of carbonyl (C=O) groups excluding carboxylic acids is 1. The van der Waals surface area contributed by atoms with Gasteiger partial charge in [-0.3, -0.25) is 4.79 Å². The summed E-state index contributed by atoms with van der Waals surface area (Å²) in [6.45, 7) is 7.86. The Labute approximate surface area is 128 Å². The zero-order valence-corrected chi connectivity index (χ0v) is 13.6. The van der Waals surface area contributed by atoms with Crippen LogP contribution in [-0.2, 0) is 4.79 Å². The zero-order chi connectivity index (χ0) is 15.8. The van der Waals surface area contributed by atoms with Crippen molar-refractivity contribution in [2.45, 2.75) is 65.3 Å². The van der Waals surface area contributed by atoms with Crippen molar-refractivity contribution >= 4 is 12.0 Å². The standard InChI is InChI=1S/C16H30N2O3/c1-4-14(7-8-15(19)20)9-10-17-16(21)18-11-5-6-12(2)13(18)3/h12-14H,4-11H2,1-3H3,(H,17,21)(H,19,20). The third-order valence-corrected chi connectivity index (χ3v) is 4.81. The van der Waals surface area contributed by atoms with Crippen LogP contribution in [0.3, 0.4) is 0 Å². The summed E-state index contributed by atoms with van der Waals surface area (Å²) in [4.78, 5) is 24.7. The lowest BCUT2D eigenvalue weighted by Crippen LogP contribution is -2.50. The maximum atomic E-state index is 12.2. The first kappa shape index (κ1) is 17.8. The van der Waals surface area contributed by atoms with E-state index in [-0.39, 0.29) is 12.5 Å². The van der Waals surface area contributed by atoms with Gasteiger partial charge < -0.3 is 15.3 Å². The molecule has 0 aromatic heterocycles. The van der Waals surface area contributed by atoms with Crippen LogP contribution < -0.4 is 5.32 Å². The third-order valence-electron chi connectivity index (χ3n) is 4.81. The van der Waals surface area contributed by atoms with E-state index in [1.54, 1.807) is 0 Å². The van der Waals surface area contributed by atoms with Crippen LogP contribution in [0.15, 0.2) is 0 Å². The molecule has 1 rings (SSSR count). The van der Waals surface area contributed by atoms with Crippen LogP contribution in [0.4, 0.5) is 4.79 Å². The maximum absolute atomic E-state index is 12.2. The highest BCUT2D eigenvalue weighted by molar-refractivity contribution is 5.74. The van der Waals surface area contributed by atoms with Crippen molar-refractivity contribution in [3.05, 3.63) is 0 Å². The van der Waals surface area contributed by atoms with E-state index in [0.717, 1.165) is 25.8 Å². The zero-order valence-electron chi connectivity index (χ0n) is 13.6. The molecule has 1 fully saturated rings. The minimum absolute atomic E-state index is 0.0298. The Morgan fingerprint density at radius 1 is 1.33 bits per heavy atom. The van der Waals surface area contributed by atoms with Crippen molar-refractivity contribution < 1.29 is 14.7 Å². The van der Waals surface area contributed by atoms with Crippen LogP contribution in [0.2, 0.25) is 0 Å². The monoisotopic (exact) mass is 298 g/mol. The maximum Gasteiger partial charge on any atom is 0.317 e. The van der Waals surface area contributed by atoms with Crippen molar-refractivity contribution in [2.24, 2.45) is 11.8 Å². The van der Waals surface area contributed by atoms with Crippen molar-refractivity contribution in [3.8, 4) is 0 Å². The molecule has 2 N–H and O–H groups in total. The molecule has 0 aromatic carbocycles. The molecule has 0 aromatic rings. The van der Waals surface area contributed by atoms with Gasteiger partial charge in [0.25, 0.3) is 0 Å². The van der Waals surface area contributed by atoms with E-state index in [9.17, 15) is 9.59 Å². The second-order valence-corrected chi connectivity index (χ2v) is 6.28. The largest absolute Gasteiger partial charge is 0.481 e. The molecular weight excluding hydrogens is 268 g/mol. The van der Waals surface area contributed by atoms with Crippen LogP contribution in [0.5, 0.6) is 0 Å². The van der Waals surface area contributed by atoms with Gasteiger partial charge in [-0.05, 0) is 44.4 Å². The highest BCUT2D eigenvalue weighted by Crippen LogP contribution is 2.22. The minimum atomic E-state index is -0.742. The predicted octanol–water partition coefficient (Wildman–Crippen LogP) is 3.10. The van der Waals surface area contributed by atoms with E-state index >= 15 is 0 Å². The summed E-state index contributed by atoms with van der Waals surface area (Å²) in [6, 6.07) is 0.329. The summed E-state index contributed by atoms with van der Waals surface area (Å²) in [6.07, 6.45) is 4.99. The lowest BCUT2D eigenvalue weighted by molar-refractivity contribution is -0.137.